The Balaban J connectivity index is 1.67. The minimum Gasteiger partial charge on any atom is -0.497 e. The minimum absolute atomic E-state index is 0.294. The topological polar surface area (TPSA) is 69.9 Å². The third kappa shape index (κ3) is 3.97. The lowest BCUT2D eigenvalue weighted by Gasteiger charge is -2.26. The van der Waals surface area contributed by atoms with Crippen LogP contribution in [0.5, 0.6) is 17.2 Å². The van der Waals surface area contributed by atoms with Crippen LogP contribution in [-0.2, 0) is 31.0 Å². The van der Waals surface area contributed by atoms with Crippen LogP contribution >= 0.6 is 0 Å². The van der Waals surface area contributed by atoms with Crippen LogP contribution < -0.4 is 9.47 Å². The zero-order valence-corrected chi connectivity index (χ0v) is 15.6. The average Bonchev–Trinajstić information content (AvgIpc) is 3.11. The molecule has 1 aliphatic heterocycles. The van der Waals surface area contributed by atoms with Crippen molar-refractivity contribution in [3.8, 4) is 17.2 Å². The van der Waals surface area contributed by atoms with Crippen molar-refractivity contribution in [3.05, 3.63) is 65.1 Å². The first-order valence-corrected chi connectivity index (χ1v) is 8.80. The standard InChI is InChI=1S/C20H20FN3O4/c1-25-12-19-22-20(28-23-19)11-24-9-13-3-5-15(21)7-17(13)27-18-8-16(26-2)6-4-14(18)10-24/h3-8H,9-12H2,1-2H3. The van der Waals surface area contributed by atoms with Crippen molar-refractivity contribution in [2.75, 3.05) is 14.2 Å². The second kappa shape index (κ2) is 7.95. The fourth-order valence-corrected chi connectivity index (χ4v) is 3.14. The Morgan fingerprint density at radius 2 is 1.82 bits per heavy atom. The maximum absolute atomic E-state index is 13.8. The number of hydrogen-bond acceptors (Lipinski definition) is 7. The van der Waals surface area contributed by atoms with Gasteiger partial charge in [-0.3, -0.25) is 4.90 Å². The molecule has 0 saturated heterocycles. The summed E-state index contributed by atoms with van der Waals surface area (Å²) in [7, 11) is 3.17. The van der Waals surface area contributed by atoms with E-state index in [0.29, 0.717) is 55.2 Å². The van der Waals surface area contributed by atoms with Crippen LogP contribution in [0.25, 0.3) is 0 Å². The maximum atomic E-state index is 13.8. The zero-order chi connectivity index (χ0) is 19.5. The number of ether oxygens (including phenoxy) is 3. The van der Waals surface area contributed by atoms with E-state index < -0.39 is 0 Å². The van der Waals surface area contributed by atoms with Gasteiger partial charge in [0, 0.05) is 43.5 Å². The smallest absolute Gasteiger partial charge is 0.240 e. The summed E-state index contributed by atoms with van der Waals surface area (Å²) in [6, 6.07) is 10.2. The molecule has 3 aromatic rings. The molecule has 4 rings (SSSR count). The molecule has 0 unspecified atom stereocenters. The maximum Gasteiger partial charge on any atom is 0.240 e. The largest absolute Gasteiger partial charge is 0.497 e. The molecule has 8 heteroatoms. The predicted octanol–water partition coefficient (Wildman–Crippen LogP) is 3.67. The van der Waals surface area contributed by atoms with Gasteiger partial charge in [-0.15, -0.1) is 0 Å². The number of fused-ring (bicyclic) bond motifs is 2. The van der Waals surface area contributed by atoms with Crippen LogP contribution in [0.2, 0.25) is 0 Å². The molecule has 0 bridgehead atoms. The number of hydrogen-bond donors (Lipinski definition) is 0. The lowest BCUT2D eigenvalue weighted by molar-refractivity contribution is 0.174. The lowest BCUT2D eigenvalue weighted by Crippen LogP contribution is -2.24. The number of benzene rings is 2. The summed E-state index contributed by atoms with van der Waals surface area (Å²) >= 11 is 0. The SMILES string of the molecule is COCc1noc(CN2Cc3ccc(F)cc3Oc3cc(OC)ccc3C2)n1. The number of nitrogens with zero attached hydrogens (tertiary/aromatic N) is 3. The quantitative estimate of drug-likeness (QED) is 0.664. The fraction of sp³-hybridized carbons (Fsp3) is 0.300. The van der Waals surface area contributed by atoms with Gasteiger partial charge < -0.3 is 18.7 Å². The van der Waals surface area contributed by atoms with Crippen LogP contribution in [-0.4, -0.2) is 29.3 Å². The first kappa shape index (κ1) is 18.4. The molecule has 0 radical (unpaired) electrons. The molecule has 2 aromatic carbocycles. The van der Waals surface area contributed by atoms with Gasteiger partial charge in [0.25, 0.3) is 0 Å². The highest BCUT2D eigenvalue weighted by Crippen LogP contribution is 2.36. The van der Waals surface area contributed by atoms with Gasteiger partial charge in [0.1, 0.15) is 29.7 Å². The summed E-state index contributed by atoms with van der Waals surface area (Å²) < 4.78 is 35.5. The highest BCUT2D eigenvalue weighted by atomic mass is 19.1. The second-order valence-electron chi connectivity index (χ2n) is 6.51. The third-order valence-corrected chi connectivity index (χ3v) is 4.45. The minimum atomic E-state index is -0.351. The van der Waals surface area contributed by atoms with Gasteiger partial charge in [0.15, 0.2) is 5.82 Å². The monoisotopic (exact) mass is 385 g/mol. The first-order chi connectivity index (χ1) is 13.6. The van der Waals surface area contributed by atoms with Gasteiger partial charge in [-0.05, 0) is 12.1 Å². The Labute approximate surface area is 161 Å². The van der Waals surface area contributed by atoms with E-state index in [2.05, 4.69) is 15.0 Å². The molecular weight excluding hydrogens is 365 g/mol. The molecular formula is C20H20FN3O4. The number of rotatable bonds is 5. The van der Waals surface area contributed by atoms with Gasteiger partial charge in [-0.25, -0.2) is 4.39 Å². The molecule has 0 saturated carbocycles. The first-order valence-electron chi connectivity index (χ1n) is 8.80. The van der Waals surface area contributed by atoms with Gasteiger partial charge in [0.2, 0.25) is 5.89 Å². The zero-order valence-electron chi connectivity index (χ0n) is 15.6. The van der Waals surface area contributed by atoms with E-state index in [9.17, 15) is 4.39 Å². The summed E-state index contributed by atoms with van der Waals surface area (Å²) in [5, 5.41) is 3.91. The van der Waals surface area contributed by atoms with Crippen LogP contribution in [0, 0.1) is 5.82 Å². The van der Waals surface area contributed by atoms with E-state index >= 15 is 0 Å². The molecule has 0 spiro atoms. The second-order valence-corrected chi connectivity index (χ2v) is 6.51. The third-order valence-electron chi connectivity index (χ3n) is 4.45. The molecule has 28 heavy (non-hydrogen) atoms. The highest BCUT2D eigenvalue weighted by molar-refractivity contribution is 5.46. The van der Waals surface area contributed by atoms with Gasteiger partial charge in [0.05, 0.1) is 13.7 Å². The van der Waals surface area contributed by atoms with Crippen LogP contribution in [0.4, 0.5) is 4.39 Å². The highest BCUT2D eigenvalue weighted by Gasteiger charge is 2.21. The molecule has 0 atom stereocenters. The molecule has 0 fully saturated rings. The van der Waals surface area contributed by atoms with Crippen LogP contribution in [0.3, 0.4) is 0 Å². The predicted molar refractivity (Wildman–Crippen MR) is 97.4 cm³/mol. The van der Waals surface area contributed by atoms with Crippen molar-refractivity contribution in [1.82, 2.24) is 15.0 Å². The number of halogens is 1. The Morgan fingerprint density at radius 1 is 1.07 bits per heavy atom. The number of methoxy groups -OCH3 is 2. The lowest BCUT2D eigenvalue weighted by atomic mass is 10.1. The molecule has 1 aliphatic rings. The molecule has 0 aliphatic carbocycles. The van der Waals surface area contributed by atoms with Gasteiger partial charge in [-0.1, -0.05) is 17.3 Å². The van der Waals surface area contributed by atoms with Crippen molar-refractivity contribution in [2.24, 2.45) is 0 Å². The molecule has 2 heterocycles. The van der Waals surface area contributed by atoms with E-state index in [1.54, 1.807) is 26.4 Å². The van der Waals surface area contributed by atoms with E-state index in [1.807, 2.05) is 12.1 Å². The molecule has 1 aromatic heterocycles. The van der Waals surface area contributed by atoms with Crippen molar-refractivity contribution in [1.29, 1.82) is 0 Å². The Kier molecular flexibility index (Phi) is 5.23. The van der Waals surface area contributed by atoms with Gasteiger partial charge in [-0.2, -0.15) is 4.98 Å². The molecule has 0 N–H and O–H groups in total. The molecule has 7 nitrogen and oxygen atoms in total. The van der Waals surface area contributed by atoms with Crippen molar-refractivity contribution < 1.29 is 23.1 Å². The normalized spacial score (nSPS) is 13.8. The Bertz CT molecular complexity index is 976. The van der Waals surface area contributed by atoms with E-state index in [4.69, 9.17) is 18.7 Å². The summed E-state index contributed by atoms with van der Waals surface area (Å²) in [5.41, 5.74) is 1.82. The number of aromatic nitrogens is 2. The van der Waals surface area contributed by atoms with E-state index in [0.717, 1.165) is 11.1 Å². The summed E-state index contributed by atoms with van der Waals surface area (Å²) in [6.45, 7) is 1.88. The summed E-state index contributed by atoms with van der Waals surface area (Å²) in [4.78, 5) is 6.48. The summed E-state index contributed by atoms with van der Waals surface area (Å²) in [6.07, 6.45) is 0. The summed E-state index contributed by atoms with van der Waals surface area (Å²) in [5.74, 6) is 2.42. The van der Waals surface area contributed by atoms with E-state index in [-0.39, 0.29) is 5.82 Å². The fourth-order valence-electron chi connectivity index (χ4n) is 3.14. The van der Waals surface area contributed by atoms with E-state index in [1.165, 1.54) is 12.1 Å². The molecule has 0 amide bonds. The van der Waals surface area contributed by atoms with Gasteiger partial charge >= 0.3 is 0 Å². The van der Waals surface area contributed by atoms with Crippen molar-refractivity contribution in [2.45, 2.75) is 26.2 Å². The Hall–Kier alpha value is -2.97. The molecule has 146 valence electrons. The average molecular weight is 385 g/mol. The Morgan fingerprint density at radius 3 is 2.57 bits per heavy atom. The van der Waals surface area contributed by atoms with Crippen LogP contribution in [0.1, 0.15) is 22.8 Å². The van der Waals surface area contributed by atoms with Crippen molar-refractivity contribution in [3.63, 3.8) is 0 Å². The van der Waals surface area contributed by atoms with Crippen molar-refractivity contribution >= 4 is 0 Å². The van der Waals surface area contributed by atoms with Crippen LogP contribution in [0.15, 0.2) is 40.9 Å².